The Balaban J connectivity index is 1.92. The smallest absolute Gasteiger partial charge is 0.396 e. The van der Waals surface area contributed by atoms with Gasteiger partial charge in [-0.25, -0.2) is 24.1 Å². The Morgan fingerprint density at radius 3 is 1.90 bits per heavy atom. The Morgan fingerprint density at radius 1 is 0.867 bits per heavy atom. The molecule has 11 nitrogen and oxygen atoms in total. The van der Waals surface area contributed by atoms with Gasteiger partial charge in [-0.1, -0.05) is 19.3 Å². The molecule has 0 bridgehead atoms. The predicted octanol–water partition coefficient (Wildman–Crippen LogP) is -0.795. The van der Waals surface area contributed by atoms with E-state index in [1.54, 1.807) is 0 Å². The van der Waals surface area contributed by atoms with E-state index in [2.05, 4.69) is 5.32 Å². The van der Waals surface area contributed by atoms with Crippen molar-refractivity contribution in [1.82, 2.24) is 10.2 Å². The van der Waals surface area contributed by atoms with Gasteiger partial charge in [-0.05, 0) is 19.9 Å². The number of aliphatic hydroxyl groups is 1. The number of fused-ring (bicyclic) bond motifs is 2. The molecule has 2 atom stereocenters. The summed E-state index contributed by atoms with van der Waals surface area (Å²) in [5, 5.41) is 14.4. The number of carbonyl (C=O) groups is 4. The Hall–Kier alpha value is -2.76. The number of nitrogens with one attached hydrogen (secondary N) is 1. The van der Waals surface area contributed by atoms with E-state index in [4.69, 9.17) is 18.9 Å². The van der Waals surface area contributed by atoms with Gasteiger partial charge in [-0.2, -0.15) is 0 Å². The van der Waals surface area contributed by atoms with Crippen molar-refractivity contribution < 1.29 is 43.2 Å². The number of likely N-dealkylation sites (tertiary alicyclic amines) is 1. The molecule has 3 aliphatic heterocycles. The molecule has 0 amide bonds. The van der Waals surface area contributed by atoms with Crippen molar-refractivity contribution in [3.63, 3.8) is 0 Å². The molecule has 11 heteroatoms. The van der Waals surface area contributed by atoms with E-state index < -0.39 is 41.3 Å². The van der Waals surface area contributed by atoms with Gasteiger partial charge >= 0.3 is 35.6 Å². The molecule has 30 heavy (non-hydrogen) atoms. The summed E-state index contributed by atoms with van der Waals surface area (Å²) >= 11 is 0. The maximum absolute atomic E-state index is 12.4. The summed E-state index contributed by atoms with van der Waals surface area (Å²) in [6, 6.07) is -0.315. The molecule has 1 saturated heterocycles. The van der Waals surface area contributed by atoms with Gasteiger partial charge in [-0.15, -0.1) is 0 Å². The highest BCUT2D eigenvalue weighted by Gasteiger charge is 2.83. The number of likely N-dealkylation sites (N-methyl/N-ethyl adjacent to an activating group) is 1. The van der Waals surface area contributed by atoms with Crippen LogP contribution in [0.5, 0.6) is 0 Å². The summed E-state index contributed by atoms with van der Waals surface area (Å²) in [7, 11) is 1.37. The van der Waals surface area contributed by atoms with Gasteiger partial charge in [0.25, 0.3) is 5.72 Å². The van der Waals surface area contributed by atoms with E-state index in [-0.39, 0.29) is 12.6 Å². The summed E-state index contributed by atoms with van der Waals surface area (Å²) in [5.41, 5.74) is -2.09. The van der Waals surface area contributed by atoms with E-state index in [0.29, 0.717) is 12.8 Å². The Morgan fingerprint density at radius 2 is 1.37 bits per heavy atom. The molecule has 4 aliphatic rings. The number of carbonyl (C=O) groups excluding carboxylic acids is 4. The Bertz CT molecular complexity index is 827. The first-order valence-corrected chi connectivity index (χ1v) is 9.71. The van der Waals surface area contributed by atoms with Crippen LogP contribution in [0.15, 0.2) is 24.3 Å². The number of nitrogens with zero attached hydrogens (tertiary/aromatic N) is 1. The van der Waals surface area contributed by atoms with Crippen LogP contribution < -0.4 is 5.32 Å². The predicted molar refractivity (Wildman–Crippen MR) is 95.7 cm³/mol. The van der Waals surface area contributed by atoms with Crippen LogP contribution in [0, 0.1) is 0 Å². The molecular formula is C19H22N2O9. The minimum absolute atomic E-state index is 0.280. The summed E-state index contributed by atoms with van der Waals surface area (Å²) in [6.45, 7) is -0.280. The maximum Gasteiger partial charge on any atom is 0.396 e. The second-order valence-corrected chi connectivity index (χ2v) is 7.57. The van der Waals surface area contributed by atoms with Crippen molar-refractivity contribution >= 4 is 23.9 Å². The average Bonchev–Trinajstić information content (AvgIpc) is 2.81. The first kappa shape index (κ1) is 20.5. The zero-order chi connectivity index (χ0) is 21.6. The first-order chi connectivity index (χ1) is 14.3. The number of esters is 4. The van der Waals surface area contributed by atoms with Gasteiger partial charge in [0, 0.05) is 30.3 Å². The third kappa shape index (κ3) is 2.92. The molecule has 0 aromatic carbocycles. The Labute approximate surface area is 171 Å². The summed E-state index contributed by atoms with van der Waals surface area (Å²) in [6.07, 6.45) is 7.27. The molecule has 0 radical (unpaired) electrons. The molecule has 0 aromatic heterocycles. The molecule has 162 valence electrons. The molecular weight excluding hydrogens is 400 g/mol. The van der Waals surface area contributed by atoms with Crippen LogP contribution in [0.3, 0.4) is 0 Å². The number of hydrogen-bond acceptors (Lipinski definition) is 11. The highest BCUT2D eigenvalue weighted by Crippen LogP contribution is 2.51. The fraction of sp³-hybridized carbons (Fsp3) is 0.579. The SMILES string of the molecule is CNC12CN(C3CCCCC3)C3(OC(=O)C=CC(=O)O3)C1(O)OC(=O)/C=C\C(=O)O2. The Kier molecular flexibility index (Phi) is 4.91. The molecule has 1 saturated carbocycles. The molecule has 2 unspecified atom stereocenters. The number of rotatable bonds is 2. The van der Waals surface area contributed by atoms with Gasteiger partial charge < -0.3 is 24.1 Å². The molecule has 2 fully saturated rings. The normalized spacial score (nSPS) is 35.4. The standard InChI is InChI=1S/C19H22N2O9/c1-20-17-11-21(12-5-3-2-4-6-12)19(29-15(24)9-10-16(25)30-19)18(17,26)28-14(23)8-7-13(22)27-17/h7-10,12,20,26H,2-6,11H2,1H3/b8-7-. The monoisotopic (exact) mass is 422 g/mol. The van der Waals surface area contributed by atoms with Crippen molar-refractivity contribution in [1.29, 1.82) is 0 Å². The highest BCUT2D eigenvalue weighted by atomic mass is 16.8. The second kappa shape index (κ2) is 7.18. The zero-order valence-electron chi connectivity index (χ0n) is 16.3. The fourth-order valence-electron chi connectivity index (χ4n) is 4.49. The molecule has 1 aliphatic carbocycles. The van der Waals surface area contributed by atoms with Crippen molar-refractivity contribution in [2.24, 2.45) is 0 Å². The summed E-state index contributed by atoms with van der Waals surface area (Å²) < 4.78 is 21.6. The van der Waals surface area contributed by atoms with Crippen LogP contribution in [0.1, 0.15) is 32.1 Å². The van der Waals surface area contributed by atoms with Crippen LogP contribution >= 0.6 is 0 Å². The van der Waals surface area contributed by atoms with E-state index in [0.717, 1.165) is 43.6 Å². The van der Waals surface area contributed by atoms with Crippen LogP contribution in [0.2, 0.25) is 0 Å². The summed E-state index contributed by atoms with van der Waals surface area (Å²) in [5.74, 6) is -9.52. The van der Waals surface area contributed by atoms with E-state index in [1.165, 1.54) is 11.9 Å². The van der Waals surface area contributed by atoms with E-state index >= 15 is 0 Å². The van der Waals surface area contributed by atoms with Crippen LogP contribution in [0.4, 0.5) is 0 Å². The molecule has 4 rings (SSSR count). The van der Waals surface area contributed by atoms with Crippen molar-refractivity contribution in [2.45, 2.75) is 55.6 Å². The fourth-order valence-corrected chi connectivity index (χ4v) is 4.49. The lowest BCUT2D eigenvalue weighted by Crippen LogP contribution is -2.74. The van der Waals surface area contributed by atoms with Gasteiger partial charge in [0.05, 0.1) is 6.54 Å². The lowest BCUT2D eigenvalue weighted by atomic mass is 9.94. The van der Waals surface area contributed by atoms with Gasteiger partial charge in [-0.3, -0.25) is 5.32 Å². The second-order valence-electron chi connectivity index (χ2n) is 7.57. The highest BCUT2D eigenvalue weighted by molar-refractivity contribution is 5.94. The van der Waals surface area contributed by atoms with Crippen molar-refractivity contribution in [3.8, 4) is 0 Å². The average molecular weight is 422 g/mol. The van der Waals surface area contributed by atoms with Crippen LogP contribution in [-0.4, -0.2) is 70.9 Å². The molecule has 1 spiro atoms. The van der Waals surface area contributed by atoms with E-state index in [9.17, 15) is 24.3 Å². The minimum Gasteiger partial charge on any atom is -0.432 e. The summed E-state index contributed by atoms with van der Waals surface area (Å²) in [4.78, 5) is 50.8. The molecule has 0 aromatic rings. The lowest BCUT2D eigenvalue weighted by Gasteiger charge is -2.46. The maximum atomic E-state index is 12.4. The number of ether oxygens (including phenoxy) is 4. The van der Waals surface area contributed by atoms with Gasteiger partial charge in [0.15, 0.2) is 0 Å². The van der Waals surface area contributed by atoms with Gasteiger partial charge in [0.1, 0.15) is 0 Å². The molecule has 2 N–H and O–H groups in total. The first-order valence-electron chi connectivity index (χ1n) is 9.71. The van der Waals surface area contributed by atoms with E-state index in [1.807, 2.05) is 0 Å². The third-order valence-corrected chi connectivity index (χ3v) is 5.88. The van der Waals surface area contributed by atoms with Crippen molar-refractivity contribution in [3.05, 3.63) is 24.3 Å². The van der Waals surface area contributed by atoms with Crippen molar-refractivity contribution in [2.75, 3.05) is 13.6 Å². The lowest BCUT2D eigenvalue weighted by molar-refractivity contribution is -0.412. The molecule has 3 heterocycles. The van der Waals surface area contributed by atoms with Crippen LogP contribution in [0.25, 0.3) is 0 Å². The quantitative estimate of drug-likeness (QED) is 0.427. The number of hydrogen-bond donors (Lipinski definition) is 2. The third-order valence-electron chi connectivity index (χ3n) is 5.88. The van der Waals surface area contributed by atoms with Crippen LogP contribution in [-0.2, 0) is 38.1 Å². The minimum atomic E-state index is -2.90. The topological polar surface area (TPSA) is 141 Å². The largest absolute Gasteiger partial charge is 0.432 e. The zero-order valence-corrected chi connectivity index (χ0v) is 16.3. The van der Waals surface area contributed by atoms with Gasteiger partial charge in [0.2, 0.25) is 0 Å².